The molecule has 6 heteroatoms. The number of anilines is 2. The zero-order chi connectivity index (χ0) is 16.7. The van der Waals surface area contributed by atoms with Crippen LogP contribution < -0.4 is 10.6 Å². The van der Waals surface area contributed by atoms with Crippen LogP contribution in [0.3, 0.4) is 0 Å². The summed E-state index contributed by atoms with van der Waals surface area (Å²) in [6.07, 6.45) is 5.62. The largest absolute Gasteiger partial charge is 0.373 e. The Morgan fingerprint density at radius 3 is 2.71 bits per heavy atom. The number of amides is 1. The third kappa shape index (κ3) is 2.73. The molecule has 1 aliphatic carbocycles. The Hall–Kier alpha value is -2.47. The molecule has 5 nitrogen and oxygen atoms in total. The molecule has 0 radical (unpaired) electrons. The smallest absolute Gasteiger partial charge is 0.228 e. The number of pyridine rings is 2. The summed E-state index contributed by atoms with van der Waals surface area (Å²) in [5.74, 6) is 1.61. The number of carbonyl (C=O) groups is 1. The van der Waals surface area contributed by atoms with Gasteiger partial charge in [0.25, 0.3) is 0 Å². The van der Waals surface area contributed by atoms with Crippen molar-refractivity contribution >= 4 is 39.7 Å². The summed E-state index contributed by atoms with van der Waals surface area (Å²) in [6, 6.07) is 6.16. The molecule has 1 aliphatic rings. The lowest BCUT2D eigenvalue weighted by molar-refractivity contribution is -0.117. The maximum absolute atomic E-state index is 12.0. The topological polar surface area (TPSA) is 66.9 Å². The molecule has 3 aromatic rings. The van der Waals surface area contributed by atoms with E-state index in [1.165, 1.54) is 9.75 Å². The van der Waals surface area contributed by atoms with Crippen LogP contribution in [0.5, 0.6) is 0 Å². The van der Waals surface area contributed by atoms with Gasteiger partial charge in [-0.05, 0) is 38.0 Å². The van der Waals surface area contributed by atoms with Crippen molar-refractivity contribution in [1.82, 2.24) is 9.97 Å². The van der Waals surface area contributed by atoms with Gasteiger partial charge >= 0.3 is 0 Å². The molecular weight excluding hydrogens is 320 g/mol. The van der Waals surface area contributed by atoms with Gasteiger partial charge in [0, 0.05) is 51.4 Å². The second-order valence-electron chi connectivity index (χ2n) is 6.06. The number of nitrogens with one attached hydrogen (secondary N) is 2. The van der Waals surface area contributed by atoms with Crippen molar-refractivity contribution in [2.24, 2.45) is 5.92 Å². The number of rotatable bonds is 4. The Bertz CT molecular complexity index is 930. The molecule has 1 fully saturated rings. The third-order valence-corrected chi connectivity index (χ3v) is 5.25. The van der Waals surface area contributed by atoms with Gasteiger partial charge < -0.3 is 10.6 Å². The number of hydrogen-bond donors (Lipinski definition) is 2. The number of carbonyl (C=O) groups excluding carboxylic acids is 1. The summed E-state index contributed by atoms with van der Waals surface area (Å²) in [6.45, 7) is 2.09. The molecule has 0 aromatic carbocycles. The van der Waals surface area contributed by atoms with Crippen molar-refractivity contribution in [1.29, 1.82) is 0 Å². The van der Waals surface area contributed by atoms with Crippen molar-refractivity contribution in [2.45, 2.75) is 19.8 Å². The number of thiophene rings is 1. The molecular formula is C18H18N4OS. The summed E-state index contributed by atoms with van der Waals surface area (Å²) >= 11 is 1.74. The van der Waals surface area contributed by atoms with Gasteiger partial charge in [-0.1, -0.05) is 0 Å². The predicted molar refractivity (Wildman–Crippen MR) is 98.5 cm³/mol. The summed E-state index contributed by atoms with van der Waals surface area (Å²) < 4.78 is 0. The standard InChI is InChI=1S/C18H18N4OS/c1-10-3-6-15(24-10)13-8-21-17(19-2)14-9-20-16(7-12(13)14)22-18(23)11-4-5-11/h3,6-9,11H,4-5H2,1-2H3,(H,19,21)(H,20,22,23). The molecule has 0 saturated heterocycles. The molecule has 3 heterocycles. The Kier molecular flexibility index (Phi) is 3.69. The highest BCUT2D eigenvalue weighted by Crippen LogP contribution is 2.36. The monoisotopic (exact) mass is 338 g/mol. The molecule has 4 rings (SSSR count). The van der Waals surface area contributed by atoms with E-state index in [9.17, 15) is 4.79 Å². The maximum atomic E-state index is 12.0. The lowest BCUT2D eigenvalue weighted by Crippen LogP contribution is -2.14. The first kappa shape index (κ1) is 15.1. The minimum absolute atomic E-state index is 0.0678. The zero-order valence-corrected chi connectivity index (χ0v) is 14.4. The quantitative estimate of drug-likeness (QED) is 0.753. The number of hydrogen-bond acceptors (Lipinski definition) is 5. The average molecular weight is 338 g/mol. The van der Waals surface area contributed by atoms with E-state index in [2.05, 4.69) is 39.7 Å². The second-order valence-corrected chi connectivity index (χ2v) is 7.35. The zero-order valence-electron chi connectivity index (χ0n) is 13.6. The minimum Gasteiger partial charge on any atom is -0.373 e. The van der Waals surface area contributed by atoms with Crippen LogP contribution in [0.4, 0.5) is 11.6 Å². The SMILES string of the molecule is CNc1ncc(-c2ccc(C)s2)c2cc(NC(=O)C3CC3)ncc12. The van der Waals surface area contributed by atoms with Gasteiger partial charge in [-0.2, -0.15) is 0 Å². The first-order chi connectivity index (χ1) is 11.7. The molecule has 0 atom stereocenters. The predicted octanol–water partition coefficient (Wildman–Crippen LogP) is 4.06. The van der Waals surface area contributed by atoms with Crippen LogP contribution in [0.1, 0.15) is 17.7 Å². The van der Waals surface area contributed by atoms with Gasteiger partial charge in [0.15, 0.2) is 0 Å². The molecule has 122 valence electrons. The van der Waals surface area contributed by atoms with Gasteiger partial charge in [-0.3, -0.25) is 4.79 Å². The van der Waals surface area contributed by atoms with Crippen molar-refractivity contribution in [2.75, 3.05) is 17.7 Å². The summed E-state index contributed by atoms with van der Waals surface area (Å²) in [5.41, 5.74) is 1.06. The minimum atomic E-state index is 0.0678. The van der Waals surface area contributed by atoms with E-state index >= 15 is 0 Å². The molecule has 0 aliphatic heterocycles. The van der Waals surface area contributed by atoms with Crippen molar-refractivity contribution < 1.29 is 4.79 Å². The fraction of sp³-hybridized carbons (Fsp3) is 0.278. The third-order valence-electron chi connectivity index (χ3n) is 4.21. The first-order valence-electron chi connectivity index (χ1n) is 8.00. The van der Waals surface area contributed by atoms with Gasteiger partial charge in [0.2, 0.25) is 5.91 Å². The normalized spacial score (nSPS) is 13.9. The second kappa shape index (κ2) is 5.87. The van der Waals surface area contributed by atoms with E-state index in [4.69, 9.17) is 0 Å². The Morgan fingerprint density at radius 1 is 1.21 bits per heavy atom. The Morgan fingerprint density at radius 2 is 2.04 bits per heavy atom. The van der Waals surface area contributed by atoms with E-state index in [1.54, 1.807) is 17.5 Å². The van der Waals surface area contributed by atoms with Crippen LogP contribution in [0.2, 0.25) is 0 Å². The Labute approximate surface area is 144 Å². The molecule has 2 N–H and O–H groups in total. The summed E-state index contributed by atoms with van der Waals surface area (Å²) in [5, 5.41) is 8.03. The number of fused-ring (bicyclic) bond motifs is 1. The average Bonchev–Trinajstić information content (AvgIpc) is 3.35. The fourth-order valence-electron chi connectivity index (χ4n) is 2.75. The first-order valence-corrected chi connectivity index (χ1v) is 8.81. The highest BCUT2D eigenvalue weighted by Gasteiger charge is 2.29. The summed E-state index contributed by atoms with van der Waals surface area (Å²) in [7, 11) is 1.85. The van der Waals surface area contributed by atoms with Crippen LogP contribution in [0, 0.1) is 12.8 Å². The van der Waals surface area contributed by atoms with E-state index in [-0.39, 0.29) is 11.8 Å². The molecule has 24 heavy (non-hydrogen) atoms. The maximum Gasteiger partial charge on any atom is 0.228 e. The van der Waals surface area contributed by atoms with Crippen molar-refractivity contribution in [3.05, 3.63) is 35.5 Å². The lowest BCUT2D eigenvalue weighted by atomic mass is 10.1. The van der Waals surface area contributed by atoms with Crippen LogP contribution >= 0.6 is 11.3 Å². The molecule has 0 unspecified atom stereocenters. The molecule has 0 spiro atoms. The summed E-state index contributed by atoms with van der Waals surface area (Å²) in [4.78, 5) is 23.3. The molecule has 1 saturated carbocycles. The van der Waals surface area contributed by atoms with Gasteiger partial charge in [0.1, 0.15) is 11.6 Å². The molecule has 0 bridgehead atoms. The van der Waals surface area contributed by atoms with E-state index in [1.807, 2.05) is 19.3 Å². The Balaban J connectivity index is 1.83. The number of aryl methyl sites for hydroxylation is 1. The highest BCUT2D eigenvalue weighted by molar-refractivity contribution is 7.15. The van der Waals surface area contributed by atoms with Crippen LogP contribution in [-0.2, 0) is 4.79 Å². The van der Waals surface area contributed by atoms with Crippen LogP contribution in [-0.4, -0.2) is 22.9 Å². The van der Waals surface area contributed by atoms with Crippen molar-refractivity contribution in [3.63, 3.8) is 0 Å². The van der Waals surface area contributed by atoms with Gasteiger partial charge in [0.05, 0.1) is 0 Å². The van der Waals surface area contributed by atoms with Gasteiger partial charge in [-0.15, -0.1) is 11.3 Å². The van der Waals surface area contributed by atoms with Crippen molar-refractivity contribution in [3.8, 4) is 10.4 Å². The van der Waals surface area contributed by atoms with E-state index in [0.29, 0.717) is 5.82 Å². The van der Waals surface area contributed by atoms with Crippen LogP contribution in [0.15, 0.2) is 30.6 Å². The molecule has 1 amide bonds. The van der Waals surface area contributed by atoms with E-state index < -0.39 is 0 Å². The molecule has 3 aromatic heterocycles. The highest BCUT2D eigenvalue weighted by atomic mass is 32.1. The number of aromatic nitrogens is 2. The van der Waals surface area contributed by atoms with E-state index in [0.717, 1.165) is 35.0 Å². The van der Waals surface area contributed by atoms with Crippen LogP contribution in [0.25, 0.3) is 21.2 Å². The van der Waals surface area contributed by atoms with Gasteiger partial charge in [-0.25, -0.2) is 9.97 Å². The lowest BCUT2D eigenvalue weighted by Gasteiger charge is -2.11. The fourth-order valence-corrected chi connectivity index (χ4v) is 3.64. The number of nitrogens with zero attached hydrogens (tertiary/aromatic N) is 2.